The highest BCUT2D eigenvalue weighted by Crippen LogP contribution is 2.23. The van der Waals surface area contributed by atoms with Gasteiger partial charge in [0.1, 0.15) is 12.2 Å². The van der Waals surface area contributed by atoms with Crippen LogP contribution < -0.4 is 5.32 Å². The number of aliphatic carboxylic acids is 1. The number of rotatable bonds is 6. The molecule has 0 saturated heterocycles. The lowest BCUT2D eigenvalue weighted by Crippen LogP contribution is -2.09. The zero-order valence-electron chi connectivity index (χ0n) is 10.6. The van der Waals surface area contributed by atoms with Gasteiger partial charge in [-0.15, -0.1) is 5.10 Å². The lowest BCUT2D eigenvalue weighted by atomic mass is 10.3. The number of nitrogens with one attached hydrogen (secondary N) is 1. The van der Waals surface area contributed by atoms with Gasteiger partial charge in [0.05, 0.1) is 17.7 Å². The van der Waals surface area contributed by atoms with Crippen LogP contribution in [0.5, 0.6) is 0 Å². The van der Waals surface area contributed by atoms with Crippen LogP contribution in [0.1, 0.15) is 5.69 Å². The summed E-state index contributed by atoms with van der Waals surface area (Å²) in [5.41, 5.74) is 1.33. The molecule has 0 radical (unpaired) electrons. The Morgan fingerprint density at radius 3 is 2.90 bits per heavy atom. The molecule has 0 aliphatic heterocycles. The van der Waals surface area contributed by atoms with E-state index in [4.69, 9.17) is 5.11 Å². The molecule has 0 amide bonds. The number of nitro benzene ring substituents is 1. The molecule has 1 heterocycles. The van der Waals surface area contributed by atoms with Crippen LogP contribution >= 0.6 is 22.6 Å². The second kappa shape index (κ2) is 6.47. The second-order valence-electron chi connectivity index (χ2n) is 4.08. The maximum Gasteiger partial charge on any atom is 0.325 e. The van der Waals surface area contributed by atoms with Crippen molar-refractivity contribution in [1.29, 1.82) is 0 Å². The van der Waals surface area contributed by atoms with Crippen molar-refractivity contribution in [1.82, 2.24) is 15.0 Å². The summed E-state index contributed by atoms with van der Waals surface area (Å²) in [5.74, 6) is -0.996. The second-order valence-corrected chi connectivity index (χ2v) is 5.24. The Labute approximate surface area is 132 Å². The third-order valence-corrected chi connectivity index (χ3v) is 3.40. The van der Waals surface area contributed by atoms with E-state index in [9.17, 15) is 14.9 Å². The Balaban J connectivity index is 2.01. The van der Waals surface area contributed by atoms with Crippen LogP contribution in [0.2, 0.25) is 0 Å². The normalized spacial score (nSPS) is 10.3. The summed E-state index contributed by atoms with van der Waals surface area (Å²) in [5, 5.41) is 29.9. The van der Waals surface area contributed by atoms with Crippen molar-refractivity contribution < 1.29 is 14.8 Å². The smallest absolute Gasteiger partial charge is 0.325 e. The van der Waals surface area contributed by atoms with Gasteiger partial charge in [-0.05, 0) is 28.7 Å². The van der Waals surface area contributed by atoms with Gasteiger partial charge in [-0.3, -0.25) is 14.9 Å². The summed E-state index contributed by atoms with van der Waals surface area (Å²) in [7, 11) is 0. The molecule has 1 aromatic carbocycles. The predicted octanol–water partition coefficient (Wildman–Crippen LogP) is 1.49. The fraction of sp³-hybridized carbons (Fsp3) is 0.182. The molecule has 0 atom stereocenters. The Bertz CT molecular complexity index is 687. The van der Waals surface area contributed by atoms with E-state index in [0.29, 0.717) is 15.8 Å². The van der Waals surface area contributed by atoms with Crippen LogP contribution in [0.15, 0.2) is 24.4 Å². The number of nitro groups is 1. The first-order chi connectivity index (χ1) is 9.95. The molecule has 0 unspecified atom stereocenters. The Morgan fingerprint density at radius 1 is 1.52 bits per heavy atom. The van der Waals surface area contributed by atoms with Gasteiger partial charge in [-0.25, -0.2) is 4.68 Å². The first-order valence-corrected chi connectivity index (χ1v) is 6.82. The van der Waals surface area contributed by atoms with Crippen molar-refractivity contribution in [3.05, 3.63) is 43.8 Å². The number of nitrogens with zero attached hydrogens (tertiary/aromatic N) is 4. The van der Waals surface area contributed by atoms with E-state index >= 15 is 0 Å². The number of anilines is 1. The number of benzene rings is 1. The number of hydrogen-bond acceptors (Lipinski definition) is 6. The first-order valence-electron chi connectivity index (χ1n) is 5.74. The van der Waals surface area contributed by atoms with Gasteiger partial charge in [0.2, 0.25) is 0 Å². The fourth-order valence-corrected chi connectivity index (χ4v) is 2.27. The van der Waals surface area contributed by atoms with Crippen molar-refractivity contribution in [3.63, 3.8) is 0 Å². The number of carboxylic acids is 1. The van der Waals surface area contributed by atoms with E-state index in [2.05, 4.69) is 15.6 Å². The third-order valence-electron chi connectivity index (χ3n) is 2.51. The van der Waals surface area contributed by atoms with E-state index in [0.717, 1.165) is 5.69 Å². The maximum absolute atomic E-state index is 10.6. The van der Waals surface area contributed by atoms with Gasteiger partial charge in [-0.2, -0.15) is 0 Å². The molecular weight excluding hydrogens is 393 g/mol. The molecule has 0 saturated carbocycles. The molecule has 2 aromatic rings. The van der Waals surface area contributed by atoms with Gasteiger partial charge in [-0.1, -0.05) is 5.21 Å². The zero-order chi connectivity index (χ0) is 15.4. The molecular formula is C11H10IN5O4. The lowest BCUT2D eigenvalue weighted by molar-refractivity contribution is -0.384. The van der Waals surface area contributed by atoms with Gasteiger partial charge < -0.3 is 10.4 Å². The highest BCUT2D eigenvalue weighted by molar-refractivity contribution is 14.1. The summed E-state index contributed by atoms with van der Waals surface area (Å²) in [4.78, 5) is 20.7. The van der Waals surface area contributed by atoms with E-state index in [-0.39, 0.29) is 12.2 Å². The minimum Gasteiger partial charge on any atom is -0.480 e. The zero-order valence-corrected chi connectivity index (χ0v) is 12.7. The Hall–Kier alpha value is -2.24. The fourth-order valence-electron chi connectivity index (χ4n) is 1.58. The molecule has 1 aromatic heterocycles. The van der Waals surface area contributed by atoms with Crippen molar-refractivity contribution in [3.8, 4) is 0 Å². The number of hydrogen-bond donors (Lipinski definition) is 2. The molecule has 2 rings (SSSR count). The molecule has 0 spiro atoms. The molecule has 10 heteroatoms. The first kappa shape index (κ1) is 15.2. The monoisotopic (exact) mass is 403 g/mol. The molecule has 0 aliphatic rings. The van der Waals surface area contributed by atoms with Gasteiger partial charge >= 0.3 is 5.97 Å². The van der Waals surface area contributed by atoms with E-state index < -0.39 is 10.9 Å². The predicted molar refractivity (Wildman–Crippen MR) is 80.8 cm³/mol. The number of carbonyl (C=O) groups is 1. The Morgan fingerprint density at radius 2 is 2.29 bits per heavy atom. The Kier molecular flexibility index (Phi) is 4.67. The van der Waals surface area contributed by atoms with Crippen LogP contribution in [-0.2, 0) is 17.9 Å². The van der Waals surface area contributed by atoms with Gasteiger partial charge in [0, 0.05) is 21.4 Å². The largest absolute Gasteiger partial charge is 0.480 e. The maximum atomic E-state index is 10.6. The van der Waals surface area contributed by atoms with Crippen LogP contribution in [0.4, 0.5) is 11.4 Å². The molecule has 0 fully saturated rings. The minimum absolute atomic E-state index is 0.0253. The summed E-state index contributed by atoms with van der Waals surface area (Å²) in [6.07, 6.45) is 1.53. The quantitative estimate of drug-likeness (QED) is 0.426. The summed E-state index contributed by atoms with van der Waals surface area (Å²) in [6.45, 7) is 0.0928. The summed E-state index contributed by atoms with van der Waals surface area (Å²) < 4.78 is 1.93. The number of carboxylic acid groups (broad SMARTS) is 1. The molecule has 21 heavy (non-hydrogen) atoms. The summed E-state index contributed by atoms with van der Waals surface area (Å²) in [6, 6.07) is 4.48. The van der Waals surface area contributed by atoms with Crippen molar-refractivity contribution in [2.45, 2.75) is 13.1 Å². The average molecular weight is 403 g/mol. The van der Waals surface area contributed by atoms with Crippen molar-refractivity contribution in [2.75, 3.05) is 5.32 Å². The molecule has 0 bridgehead atoms. The highest BCUT2D eigenvalue weighted by atomic mass is 127. The van der Waals surface area contributed by atoms with E-state index in [1.165, 1.54) is 23.0 Å². The van der Waals surface area contributed by atoms with Gasteiger partial charge in [0.25, 0.3) is 5.69 Å². The molecule has 2 N–H and O–H groups in total. The average Bonchev–Trinajstić information content (AvgIpc) is 2.83. The highest BCUT2D eigenvalue weighted by Gasteiger charge is 2.09. The number of halogens is 1. The van der Waals surface area contributed by atoms with Gasteiger partial charge in [0.15, 0.2) is 0 Å². The minimum atomic E-state index is -0.996. The molecule has 110 valence electrons. The SMILES string of the molecule is O=C(O)Cn1cc(CNc2ccc([N+](=O)[O-])cc2I)nn1. The third kappa shape index (κ3) is 4.11. The number of aromatic nitrogens is 3. The number of non-ortho nitro benzene ring substituents is 1. The van der Waals surface area contributed by atoms with Crippen LogP contribution in [-0.4, -0.2) is 31.0 Å². The van der Waals surface area contributed by atoms with Crippen LogP contribution in [0.3, 0.4) is 0 Å². The van der Waals surface area contributed by atoms with Crippen molar-refractivity contribution in [2.24, 2.45) is 0 Å². The topological polar surface area (TPSA) is 123 Å². The lowest BCUT2D eigenvalue weighted by Gasteiger charge is -2.06. The van der Waals surface area contributed by atoms with E-state index in [1.807, 2.05) is 22.6 Å². The van der Waals surface area contributed by atoms with E-state index in [1.54, 1.807) is 6.07 Å². The van der Waals surface area contributed by atoms with Crippen molar-refractivity contribution >= 4 is 39.9 Å². The van der Waals surface area contributed by atoms with Crippen LogP contribution in [0, 0.1) is 13.7 Å². The molecule has 9 nitrogen and oxygen atoms in total. The standard InChI is InChI=1S/C11H10IN5O4/c12-9-3-8(17(20)21)1-2-10(9)13-4-7-5-16(15-14-7)6-11(18)19/h1-3,5,13H,4,6H2,(H,18,19). The van der Waals surface area contributed by atoms with Crippen LogP contribution in [0.25, 0.3) is 0 Å². The molecule has 0 aliphatic carbocycles. The summed E-state index contributed by atoms with van der Waals surface area (Å²) >= 11 is 2.00.